The molecule has 2 atom stereocenters. The van der Waals surface area contributed by atoms with Gasteiger partial charge in [-0.05, 0) is 37.1 Å². The van der Waals surface area contributed by atoms with E-state index < -0.39 is 11.9 Å². The lowest BCUT2D eigenvalue weighted by atomic mass is 10.1. The van der Waals surface area contributed by atoms with E-state index in [1.807, 2.05) is 49.4 Å². The van der Waals surface area contributed by atoms with Gasteiger partial charge < -0.3 is 25.1 Å². The molecule has 3 N–H and O–H groups in total. The number of hydrogen-bond acceptors (Lipinski definition) is 6. The van der Waals surface area contributed by atoms with E-state index in [1.165, 1.54) is 5.56 Å². The van der Waals surface area contributed by atoms with Crippen molar-refractivity contribution in [3.63, 3.8) is 0 Å². The number of rotatable bonds is 6. The van der Waals surface area contributed by atoms with E-state index in [9.17, 15) is 9.59 Å². The summed E-state index contributed by atoms with van der Waals surface area (Å²) >= 11 is 0. The lowest BCUT2D eigenvalue weighted by Crippen LogP contribution is -2.16. The third-order valence-electron chi connectivity index (χ3n) is 3.96. The van der Waals surface area contributed by atoms with Crippen LogP contribution in [0.1, 0.15) is 31.0 Å². The highest BCUT2D eigenvalue weighted by atomic mass is 16.7. The van der Waals surface area contributed by atoms with E-state index in [0.717, 1.165) is 17.7 Å². The summed E-state index contributed by atoms with van der Waals surface area (Å²) in [6.45, 7) is 3.93. The van der Waals surface area contributed by atoms with Crippen molar-refractivity contribution in [1.82, 2.24) is 0 Å². The maximum absolute atomic E-state index is 11.3. The van der Waals surface area contributed by atoms with Crippen molar-refractivity contribution in [3.05, 3.63) is 71.8 Å². The molecule has 3 rings (SSSR count). The van der Waals surface area contributed by atoms with Gasteiger partial charge in [0.05, 0.1) is 0 Å². The molecular formula is C22H25NO6. The quantitative estimate of drug-likeness (QED) is 0.567. The van der Waals surface area contributed by atoms with Crippen molar-refractivity contribution >= 4 is 11.9 Å². The number of benzene rings is 2. The Hall–Kier alpha value is -3.32. The summed E-state index contributed by atoms with van der Waals surface area (Å²) in [5, 5.41) is 8.40. The van der Waals surface area contributed by atoms with Crippen LogP contribution in [0.3, 0.4) is 0 Å². The molecule has 1 aliphatic rings. The number of aliphatic carboxylic acids is 1. The Kier molecular flexibility index (Phi) is 8.24. The van der Waals surface area contributed by atoms with Crippen LogP contribution in [0.2, 0.25) is 0 Å². The first kappa shape index (κ1) is 22.0. The molecule has 0 aliphatic carbocycles. The van der Waals surface area contributed by atoms with Crippen LogP contribution in [0, 0.1) is 0 Å². The Balaban J connectivity index is 0.000000278. The molecule has 0 amide bonds. The zero-order valence-corrected chi connectivity index (χ0v) is 16.4. The second-order valence-corrected chi connectivity index (χ2v) is 6.51. The van der Waals surface area contributed by atoms with Crippen LogP contribution in [0.15, 0.2) is 60.7 Å². The van der Waals surface area contributed by atoms with E-state index in [4.69, 9.17) is 25.1 Å². The first-order chi connectivity index (χ1) is 13.8. The number of hydrogen-bond donors (Lipinski definition) is 2. The van der Waals surface area contributed by atoms with Crippen molar-refractivity contribution in [1.29, 1.82) is 0 Å². The summed E-state index contributed by atoms with van der Waals surface area (Å²) in [4.78, 5) is 21.6. The number of nitrogens with two attached hydrogens (primary N) is 1. The van der Waals surface area contributed by atoms with E-state index in [-0.39, 0.29) is 18.9 Å². The van der Waals surface area contributed by atoms with Gasteiger partial charge in [0.15, 0.2) is 11.5 Å². The zero-order chi connectivity index (χ0) is 21.2. The second-order valence-electron chi connectivity index (χ2n) is 6.51. The standard InChI is InChI=1S/C14H14O6.C8H11N/c1-9(20-14(17)5-4-13(15)16)6-10-2-3-11-12(7-10)19-8-18-11;1-7(9)8-5-3-2-4-6-8/h2-5,7,9H,6,8H2,1H3,(H,15,16);2-7H,9H2,1H3/b5-4-;/t9-;7-/m11/s1. The molecule has 29 heavy (non-hydrogen) atoms. The van der Waals surface area contributed by atoms with Crippen molar-refractivity contribution < 1.29 is 28.9 Å². The summed E-state index contributed by atoms with van der Waals surface area (Å²) < 4.78 is 15.5. The van der Waals surface area contributed by atoms with Crippen LogP contribution in [-0.4, -0.2) is 29.9 Å². The van der Waals surface area contributed by atoms with Gasteiger partial charge >= 0.3 is 11.9 Å². The number of carboxylic acid groups (broad SMARTS) is 1. The van der Waals surface area contributed by atoms with Crippen LogP contribution < -0.4 is 15.2 Å². The highest BCUT2D eigenvalue weighted by Crippen LogP contribution is 2.32. The van der Waals surface area contributed by atoms with Gasteiger partial charge in [-0.1, -0.05) is 36.4 Å². The molecule has 7 nitrogen and oxygen atoms in total. The minimum atomic E-state index is -1.19. The monoisotopic (exact) mass is 399 g/mol. The van der Waals surface area contributed by atoms with Crippen LogP contribution >= 0.6 is 0 Å². The molecule has 0 saturated heterocycles. The minimum absolute atomic E-state index is 0.159. The Labute approximate surface area is 169 Å². The average Bonchev–Trinajstić information content (AvgIpc) is 3.15. The lowest BCUT2D eigenvalue weighted by Gasteiger charge is -2.12. The highest BCUT2D eigenvalue weighted by Gasteiger charge is 2.15. The number of esters is 1. The Morgan fingerprint density at radius 3 is 2.41 bits per heavy atom. The van der Waals surface area contributed by atoms with E-state index in [1.54, 1.807) is 13.0 Å². The fourth-order valence-corrected chi connectivity index (χ4v) is 2.58. The van der Waals surface area contributed by atoms with Gasteiger partial charge in [-0.2, -0.15) is 0 Å². The van der Waals surface area contributed by atoms with Crippen LogP contribution in [-0.2, 0) is 20.7 Å². The average molecular weight is 399 g/mol. The van der Waals surface area contributed by atoms with Crippen LogP contribution in [0.4, 0.5) is 0 Å². The summed E-state index contributed by atoms with van der Waals surface area (Å²) in [7, 11) is 0. The lowest BCUT2D eigenvalue weighted by molar-refractivity contribution is -0.142. The molecular weight excluding hydrogens is 374 g/mol. The topological polar surface area (TPSA) is 108 Å². The summed E-state index contributed by atoms with van der Waals surface area (Å²) in [6.07, 6.45) is 1.76. The number of fused-ring (bicyclic) bond motifs is 1. The summed E-state index contributed by atoms with van der Waals surface area (Å²) in [5.41, 5.74) is 7.75. The summed E-state index contributed by atoms with van der Waals surface area (Å²) in [5.74, 6) is -0.499. The maximum atomic E-state index is 11.3. The fraction of sp³-hybridized carbons (Fsp3) is 0.273. The highest BCUT2D eigenvalue weighted by molar-refractivity contribution is 5.90. The Bertz CT molecular complexity index is 848. The smallest absolute Gasteiger partial charge is 0.331 e. The fourth-order valence-electron chi connectivity index (χ4n) is 2.58. The molecule has 2 aromatic carbocycles. The summed E-state index contributed by atoms with van der Waals surface area (Å²) in [6, 6.07) is 15.7. The Morgan fingerprint density at radius 2 is 1.79 bits per heavy atom. The van der Waals surface area contributed by atoms with Gasteiger partial charge in [0, 0.05) is 24.6 Å². The number of carboxylic acids is 1. The molecule has 0 bridgehead atoms. The van der Waals surface area contributed by atoms with Crippen LogP contribution in [0.25, 0.3) is 0 Å². The molecule has 1 aliphatic heterocycles. The number of carbonyl (C=O) groups excluding carboxylic acids is 1. The van der Waals surface area contributed by atoms with Crippen molar-refractivity contribution in [2.75, 3.05) is 6.79 Å². The second kappa shape index (κ2) is 10.9. The third kappa shape index (κ3) is 7.67. The molecule has 0 unspecified atom stereocenters. The largest absolute Gasteiger partial charge is 0.478 e. The van der Waals surface area contributed by atoms with Crippen molar-refractivity contribution in [2.24, 2.45) is 5.73 Å². The number of ether oxygens (including phenoxy) is 3. The predicted molar refractivity (Wildman–Crippen MR) is 108 cm³/mol. The van der Waals surface area contributed by atoms with E-state index in [2.05, 4.69) is 0 Å². The van der Waals surface area contributed by atoms with Crippen molar-refractivity contribution in [3.8, 4) is 11.5 Å². The molecule has 0 aromatic heterocycles. The Morgan fingerprint density at radius 1 is 1.10 bits per heavy atom. The first-order valence-electron chi connectivity index (χ1n) is 9.16. The van der Waals surface area contributed by atoms with Gasteiger partial charge in [0.25, 0.3) is 0 Å². The molecule has 0 fully saturated rings. The van der Waals surface area contributed by atoms with Gasteiger partial charge in [0.1, 0.15) is 6.10 Å². The van der Waals surface area contributed by atoms with Gasteiger partial charge in [-0.25, -0.2) is 9.59 Å². The van der Waals surface area contributed by atoms with E-state index >= 15 is 0 Å². The van der Waals surface area contributed by atoms with Crippen LogP contribution in [0.5, 0.6) is 11.5 Å². The van der Waals surface area contributed by atoms with Crippen molar-refractivity contribution in [2.45, 2.75) is 32.4 Å². The molecule has 1 heterocycles. The number of carbonyl (C=O) groups is 2. The minimum Gasteiger partial charge on any atom is -0.478 e. The van der Waals surface area contributed by atoms with E-state index in [0.29, 0.717) is 17.9 Å². The molecule has 7 heteroatoms. The third-order valence-corrected chi connectivity index (χ3v) is 3.96. The maximum Gasteiger partial charge on any atom is 0.331 e. The van der Waals surface area contributed by atoms with Gasteiger partial charge in [-0.15, -0.1) is 0 Å². The molecule has 0 radical (unpaired) electrons. The SMILES string of the molecule is C[C@@H](N)c1ccccc1.C[C@H](Cc1ccc2c(c1)OCO2)OC(=O)/C=C\C(=O)O. The normalized spacial score (nSPS) is 13.9. The van der Waals surface area contributed by atoms with Gasteiger partial charge in [-0.3, -0.25) is 0 Å². The molecule has 2 aromatic rings. The zero-order valence-electron chi connectivity index (χ0n) is 16.4. The molecule has 154 valence electrons. The molecule has 0 spiro atoms. The molecule has 0 saturated carbocycles. The predicted octanol–water partition coefficient (Wildman–Crippen LogP) is 3.24. The first-order valence-corrected chi connectivity index (χ1v) is 9.16. The van der Waals surface area contributed by atoms with Gasteiger partial charge in [0.2, 0.25) is 6.79 Å².